The highest BCUT2D eigenvalue weighted by molar-refractivity contribution is 5.50. The van der Waals surface area contributed by atoms with Gasteiger partial charge in [-0.3, -0.25) is 0 Å². The first-order valence-electron chi connectivity index (χ1n) is 2.49. The molecule has 40 valence electrons. The van der Waals surface area contributed by atoms with Gasteiger partial charge in [-0.15, -0.1) is 0 Å². The summed E-state index contributed by atoms with van der Waals surface area (Å²) >= 11 is 0. The van der Waals surface area contributed by atoms with Crippen LogP contribution in [-0.2, 0) is 0 Å². The van der Waals surface area contributed by atoms with Crippen molar-refractivity contribution in [3.8, 4) is 0 Å². The quantitative estimate of drug-likeness (QED) is 0.361. The molecule has 0 aromatic rings. The fourth-order valence-corrected chi connectivity index (χ4v) is 0.363. The topological polar surface area (TPSA) is 3.01 Å². The molecule has 0 radical (unpaired) electrons. The molecule has 0 aliphatic rings. The first-order chi connectivity index (χ1) is 3.31. The highest BCUT2D eigenvalue weighted by Crippen LogP contribution is 1.67. The largest absolute Gasteiger partial charge is 0.212 e. The van der Waals surface area contributed by atoms with Crippen molar-refractivity contribution in [2.45, 2.75) is 13.3 Å². The smallest absolute Gasteiger partial charge is 0.160 e. The molecule has 0 aliphatic carbocycles. The number of hydrogen-bond donors (Lipinski definition) is 0. The van der Waals surface area contributed by atoms with Gasteiger partial charge in [-0.05, 0) is 6.58 Å². The molecule has 0 aromatic carbocycles. The predicted molar refractivity (Wildman–Crippen MR) is 32.7 cm³/mol. The molecular weight excluding hydrogens is 86.1 g/mol. The molecule has 0 unspecified atom stereocenters. The van der Waals surface area contributed by atoms with Gasteiger partial charge < -0.3 is 0 Å². The lowest BCUT2D eigenvalue weighted by Gasteiger charge is -1.78. The summed E-state index contributed by atoms with van der Waals surface area (Å²) in [4.78, 5) is 0. The van der Waals surface area contributed by atoms with Crippen LogP contribution < -0.4 is 0 Å². The van der Waals surface area contributed by atoms with E-state index < -0.39 is 0 Å². The molecule has 0 atom stereocenters. The number of hydrogen-bond acceptors (Lipinski definition) is 0. The summed E-state index contributed by atoms with van der Waals surface area (Å²) < 4.78 is 1.94. The van der Waals surface area contributed by atoms with Crippen LogP contribution in [0, 0.1) is 0 Å². The average molecular weight is 98.2 g/mol. The zero-order valence-electron chi connectivity index (χ0n) is 5.02. The third-order valence-corrected chi connectivity index (χ3v) is 0.759. The highest BCUT2D eigenvalue weighted by atomic mass is 14.9. The summed E-state index contributed by atoms with van der Waals surface area (Å²) in [5.74, 6) is 0. The summed E-state index contributed by atoms with van der Waals surface area (Å²) in [5.41, 5.74) is 0. The van der Waals surface area contributed by atoms with Gasteiger partial charge in [-0.2, -0.15) is 0 Å². The summed E-state index contributed by atoms with van der Waals surface area (Å²) in [7, 11) is 1.97. The van der Waals surface area contributed by atoms with E-state index in [1.54, 1.807) is 6.20 Å². The van der Waals surface area contributed by atoms with Crippen LogP contribution in [0.2, 0.25) is 0 Å². The van der Waals surface area contributed by atoms with Crippen molar-refractivity contribution in [3.05, 3.63) is 12.8 Å². The van der Waals surface area contributed by atoms with E-state index in [4.69, 9.17) is 0 Å². The van der Waals surface area contributed by atoms with Gasteiger partial charge in [0.1, 0.15) is 13.3 Å². The Kier molecular flexibility index (Phi) is 3.29. The van der Waals surface area contributed by atoms with Crippen LogP contribution in [0.15, 0.2) is 12.8 Å². The monoisotopic (exact) mass is 98.1 g/mol. The van der Waals surface area contributed by atoms with Crippen molar-refractivity contribution >= 4 is 6.21 Å². The van der Waals surface area contributed by atoms with Crippen LogP contribution in [0.5, 0.6) is 0 Å². The Bertz CT molecular complexity index is 82.2. The van der Waals surface area contributed by atoms with E-state index in [1.165, 1.54) is 0 Å². The molecule has 0 bridgehead atoms. The van der Waals surface area contributed by atoms with E-state index >= 15 is 0 Å². The van der Waals surface area contributed by atoms with E-state index in [1.807, 2.05) is 11.6 Å². The van der Waals surface area contributed by atoms with E-state index in [2.05, 4.69) is 19.7 Å². The third-order valence-electron chi connectivity index (χ3n) is 0.759. The first kappa shape index (κ1) is 6.41. The molecule has 0 aromatic heterocycles. The lowest BCUT2D eigenvalue weighted by Crippen LogP contribution is -1.94. The normalized spacial score (nSPS) is 11.4. The molecule has 0 rings (SSSR count). The second-order valence-corrected chi connectivity index (χ2v) is 1.44. The first-order valence-corrected chi connectivity index (χ1v) is 2.49. The Morgan fingerprint density at radius 2 is 2.29 bits per heavy atom. The van der Waals surface area contributed by atoms with Crippen LogP contribution >= 0.6 is 0 Å². The lowest BCUT2D eigenvalue weighted by molar-refractivity contribution is -0.417. The standard InChI is InChI=1S/C6H12N/c1-4-6-7(3)5-2/h5-6H,2,4H2,1,3H3/q+1. The van der Waals surface area contributed by atoms with Crippen LogP contribution in [0.4, 0.5) is 0 Å². The molecule has 0 fully saturated rings. The lowest BCUT2D eigenvalue weighted by atomic mass is 10.5. The molecule has 0 amide bonds. The van der Waals surface area contributed by atoms with Gasteiger partial charge in [0.25, 0.3) is 0 Å². The summed E-state index contributed by atoms with van der Waals surface area (Å²) in [6, 6.07) is 0. The van der Waals surface area contributed by atoms with Gasteiger partial charge in [0.15, 0.2) is 6.20 Å². The Morgan fingerprint density at radius 3 is 2.43 bits per heavy atom. The fraction of sp³-hybridized carbons (Fsp3) is 0.500. The minimum absolute atomic E-state index is 1.07. The van der Waals surface area contributed by atoms with Crippen molar-refractivity contribution in [1.29, 1.82) is 0 Å². The maximum Gasteiger partial charge on any atom is 0.160 e. The minimum atomic E-state index is 1.07. The van der Waals surface area contributed by atoms with E-state index in [-0.39, 0.29) is 0 Å². The highest BCUT2D eigenvalue weighted by Gasteiger charge is 1.78. The van der Waals surface area contributed by atoms with Gasteiger partial charge in [-0.25, -0.2) is 4.58 Å². The maximum atomic E-state index is 3.57. The second kappa shape index (κ2) is 3.59. The minimum Gasteiger partial charge on any atom is -0.212 e. The van der Waals surface area contributed by atoms with Gasteiger partial charge in [0.05, 0.1) is 0 Å². The van der Waals surface area contributed by atoms with Gasteiger partial charge >= 0.3 is 0 Å². The SMILES string of the molecule is C=C[N+](C)=CCC. The molecule has 0 N–H and O–H groups in total. The fourth-order valence-electron chi connectivity index (χ4n) is 0.363. The molecule has 0 heterocycles. The Labute approximate surface area is 45.0 Å². The summed E-state index contributed by atoms with van der Waals surface area (Å²) in [6.45, 7) is 5.67. The van der Waals surface area contributed by atoms with Crippen molar-refractivity contribution in [2.24, 2.45) is 0 Å². The van der Waals surface area contributed by atoms with Crippen LogP contribution in [0.3, 0.4) is 0 Å². The summed E-state index contributed by atoms with van der Waals surface area (Å²) in [6.07, 6.45) is 4.92. The molecule has 0 saturated heterocycles. The average Bonchev–Trinajstić information content (AvgIpc) is 1.68. The molecular formula is C6H12N+. The third kappa shape index (κ3) is 3.23. The molecule has 0 spiro atoms. The van der Waals surface area contributed by atoms with Crippen LogP contribution in [0.1, 0.15) is 13.3 Å². The second-order valence-electron chi connectivity index (χ2n) is 1.44. The van der Waals surface area contributed by atoms with Crippen molar-refractivity contribution < 1.29 is 4.58 Å². The van der Waals surface area contributed by atoms with E-state index in [0.717, 1.165) is 6.42 Å². The summed E-state index contributed by atoms with van der Waals surface area (Å²) in [5, 5.41) is 0. The van der Waals surface area contributed by atoms with Gasteiger partial charge in [0.2, 0.25) is 0 Å². The van der Waals surface area contributed by atoms with E-state index in [9.17, 15) is 0 Å². The Hall–Kier alpha value is -0.590. The maximum absolute atomic E-state index is 3.57. The molecule has 0 saturated carbocycles. The Balaban J connectivity index is 3.49. The number of nitrogens with zero attached hydrogens (tertiary/aromatic N) is 1. The Morgan fingerprint density at radius 1 is 1.71 bits per heavy atom. The van der Waals surface area contributed by atoms with Crippen molar-refractivity contribution in [3.63, 3.8) is 0 Å². The van der Waals surface area contributed by atoms with Gasteiger partial charge in [-0.1, -0.05) is 6.92 Å². The number of rotatable bonds is 2. The van der Waals surface area contributed by atoms with E-state index in [0.29, 0.717) is 0 Å². The molecule has 7 heavy (non-hydrogen) atoms. The van der Waals surface area contributed by atoms with Crippen LogP contribution in [-0.4, -0.2) is 17.8 Å². The zero-order chi connectivity index (χ0) is 5.70. The molecule has 1 nitrogen and oxygen atoms in total. The molecule has 0 aliphatic heterocycles. The van der Waals surface area contributed by atoms with Crippen molar-refractivity contribution in [1.82, 2.24) is 0 Å². The van der Waals surface area contributed by atoms with Gasteiger partial charge in [0, 0.05) is 6.42 Å². The zero-order valence-corrected chi connectivity index (χ0v) is 5.02. The molecule has 1 heteroatoms. The van der Waals surface area contributed by atoms with Crippen molar-refractivity contribution in [2.75, 3.05) is 7.05 Å². The van der Waals surface area contributed by atoms with Crippen LogP contribution in [0.25, 0.3) is 0 Å². The predicted octanol–water partition coefficient (Wildman–Crippen LogP) is 1.25.